The second kappa shape index (κ2) is 10.2. The molecule has 4 heteroatoms. The van der Waals surface area contributed by atoms with Crippen LogP contribution in [0.15, 0.2) is 84.9 Å². The number of aromatic nitrogens is 2. The van der Waals surface area contributed by atoms with Gasteiger partial charge in [-0.15, -0.1) is 0 Å². The van der Waals surface area contributed by atoms with Crippen molar-refractivity contribution in [3.8, 4) is 11.5 Å². The third kappa shape index (κ3) is 5.17. The molecule has 5 rings (SSSR count). The van der Waals surface area contributed by atoms with Gasteiger partial charge in [-0.2, -0.15) is 0 Å². The Bertz CT molecular complexity index is 1450. The van der Waals surface area contributed by atoms with Crippen LogP contribution in [0.2, 0.25) is 0 Å². The number of ether oxygens (including phenoxy) is 2. The highest BCUT2D eigenvalue weighted by atomic mass is 16.5. The Balaban J connectivity index is 1.29. The molecular weight excluding hydrogens is 432 g/mol. The second-order valence-electron chi connectivity index (χ2n) is 9.36. The van der Waals surface area contributed by atoms with Crippen LogP contribution in [0.1, 0.15) is 43.1 Å². The normalized spacial score (nSPS) is 11.4. The smallest absolute Gasteiger partial charge is 0.148 e. The standard InChI is InChI=1S/C31H32N2O2/c1-22(2)27-16-13-23(3)19-30(27)35-21-31-32-28-11-6-7-12-29(28)33(31)17-8-18-34-26-15-14-24-9-4-5-10-25(24)20-26/h4-7,9-16,19-20,22H,8,17-18,21H2,1-3H3. The molecule has 0 aliphatic carbocycles. The fourth-order valence-corrected chi connectivity index (χ4v) is 4.54. The third-order valence-corrected chi connectivity index (χ3v) is 6.40. The van der Waals surface area contributed by atoms with Gasteiger partial charge in [-0.3, -0.25) is 0 Å². The molecule has 0 bridgehead atoms. The van der Waals surface area contributed by atoms with E-state index in [1.54, 1.807) is 0 Å². The maximum atomic E-state index is 6.34. The number of para-hydroxylation sites is 2. The molecule has 1 aromatic heterocycles. The Hall–Kier alpha value is -3.79. The van der Waals surface area contributed by atoms with Crippen molar-refractivity contribution in [1.82, 2.24) is 9.55 Å². The molecule has 0 atom stereocenters. The number of hydrogen-bond donors (Lipinski definition) is 0. The summed E-state index contributed by atoms with van der Waals surface area (Å²) >= 11 is 0. The molecule has 1 heterocycles. The number of hydrogen-bond acceptors (Lipinski definition) is 3. The number of fused-ring (bicyclic) bond motifs is 2. The first-order valence-corrected chi connectivity index (χ1v) is 12.4. The van der Waals surface area contributed by atoms with E-state index in [0.717, 1.165) is 41.3 Å². The second-order valence-corrected chi connectivity index (χ2v) is 9.36. The van der Waals surface area contributed by atoms with Gasteiger partial charge < -0.3 is 14.0 Å². The highest BCUT2D eigenvalue weighted by molar-refractivity contribution is 5.83. The predicted octanol–water partition coefficient (Wildman–Crippen LogP) is 7.67. The molecule has 35 heavy (non-hydrogen) atoms. The summed E-state index contributed by atoms with van der Waals surface area (Å²) in [6, 6.07) is 29.3. The maximum absolute atomic E-state index is 6.34. The van der Waals surface area contributed by atoms with Crippen molar-refractivity contribution < 1.29 is 9.47 Å². The summed E-state index contributed by atoms with van der Waals surface area (Å²) < 4.78 is 14.7. The van der Waals surface area contributed by atoms with Crippen LogP contribution < -0.4 is 9.47 Å². The molecule has 5 aromatic rings. The van der Waals surface area contributed by atoms with Crippen LogP contribution in [-0.4, -0.2) is 16.2 Å². The Kier molecular flexibility index (Phi) is 6.71. The van der Waals surface area contributed by atoms with E-state index in [-0.39, 0.29) is 0 Å². The van der Waals surface area contributed by atoms with Crippen LogP contribution in [0.3, 0.4) is 0 Å². The minimum Gasteiger partial charge on any atom is -0.494 e. The Morgan fingerprint density at radius 3 is 2.49 bits per heavy atom. The molecule has 0 spiro atoms. The van der Waals surface area contributed by atoms with Crippen LogP contribution in [0, 0.1) is 6.92 Å². The van der Waals surface area contributed by atoms with Gasteiger partial charge >= 0.3 is 0 Å². The van der Waals surface area contributed by atoms with Crippen molar-refractivity contribution in [3.05, 3.63) is 102 Å². The Labute approximate surface area is 207 Å². The zero-order valence-corrected chi connectivity index (χ0v) is 20.7. The lowest BCUT2D eigenvalue weighted by Gasteiger charge is -2.16. The Morgan fingerprint density at radius 2 is 1.63 bits per heavy atom. The lowest BCUT2D eigenvalue weighted by molar-refractivity contribution is 0.277. The zero-order valence-electron chi connectivity index (χ0n) is 20.7. The predicted molar refractivity (Wildman–Crippen MR) is 143 cm³/mol. The molecule has 178 valence electrons. The fourth-order valence-electron chi connectivity index (χ4n) is 4.54. The Morgan fingerprint density at radius 1 is 0.829 bits per heavy atom. The first-order chi connectivity index (χ1) is 17.1. The highest BCUT2D eigenvalue weighted by Gasteiger charge is 2.14. The molecule has 0 radical (unpaired) electrons. The summed E-state index contributed by atoms with van der Waals surface area (Å²) in [5.41, 5.74) is 4.55. The van der Waals surface area contributed by atoms with Crippen LogP contribution in [0.5, 0.6) is 11.5 Å². The minimum atomic E-state index is 0.400. The summed E-state index contributed by atoms with van der Waals surface area (Å²) in [5, 5.41) is 2.42. The highest BCUT2D eigenvalue weighted by Crippen LogP contribution is 2.29. The van der Waals surface area contributed by atoms with E-state index < -0.39 is 0 Å². The van der Waals surface area contributed by atoms with Crippen molar-refractivity contribution in [2.45, 2.75) is 46.3 Å². The van der Waals surface area contributed by atoms with E-state index in [4.69, 9.17) is 14.5 Å². The summed E-state index contributed by atoms with van der Waals surface area (Å²) in [4.78, 5) is 4.89. The van der Waals surface area contributed by atoms with Crippen molar-refractivity contribution in [1.29, 1.82) is 0 Å². The van der Waals surface area contributed by atoms with Crippen molar-refractivity contribution in [2.24, 2.45) is 0 Å². The lowest BCUT2D eigenvalue weighted by atomic mass is 10.0. The molecule has 0 aliphatic rings. The van der Waals surface area contributed by atoms with Crippen LogP contribution in [0.25, 0.3) is 21.8 Å². The van der Waals surface area contributed by atoms with Gasteiger partial charge in [-0.1, -0.05) is 68.4 Å². The molecule has 0 amide bonds. The van der Waals surface area contributed by atoms with Gasteiger partial charge in [0, 0.05) is 6.54 Å². The van der Waals surface area contributed by atoms with Gasteiger partial charge in [0.05, 0.1) is 17.6 Å². The van der Waals surface area contributed by atoms with Gasteiger partial charge in [0.25, 0.3) is 0 Å². The summed E-state index contributed by atoms with van der Waals surface area (Å²) in [5.74, 6) is 3.19. The molecular formula is C31H32N2O2. The summed E-state index contributed by atoms with van der Waals surface area (Å²) in [7, 11) is 0. The maximum Gasteiger partial charge on any atom is 0.148 e. The van der Waals surface area contributed by atoms with Gasteiger partial charge in [0.1, 0.15) is 23.9 Å². The molecule has 4 nitrogen and oxygen atoms in total. The quantitative estimate of drug-likeness (QED) is 0.210. The molecule has 0 aliphatic heterocycles. The zero-order chi connectivity index (χ0) is 24.2. The summed E-state index contributed by atoms with van der Waals surface area (Å²) in [6.07, 6.45) is 0.877. The van der Waals surface area contributed by atoms with E-state index in [0.29, 0.717) is 19.1 Å². The summed E-state index contributed by atoms with van der Waals surface area (Å²) in [6.45, 7) is 8.38. The van der Waals surface area contributed by atoms with Crippen LogP contribution >= 0.6 is 0 Å². The molecule has 0 N–H and O–H groups in total. The monoisotopic (exact) mass is 464 g/mol. The van der Waals surface area contributed by atoms with Crippen LogP contribution in [0.4, 0.5) is 0 Å². The van der Waals surface area contributed by atoms with E-state index in [1.807, 2.05) is 12.1 Å². The number of benzene rings is 4. The molecule has 0 unspecified atom stereocenters. The van der Waals surface area contributed by atoms with E-state index in [9.17, 15) is 0 Å². The molecule has 0 saturated heterocycles. The first kappa shape index (κ1) is 23.0. The van der Waals surface area contributed by atoms with Crippen molar-refractivity contribution >= 4 is 21.8 Å². The first-order valence-electron chi connectivity index (χ1n) is 12.4. The van der Waals surface area contributed by atoms with E-state index in [1.165, 1.54) is 21.9 Å². The van der Waals surface area contributed by atoms with Crippen molar-refractivity contribution in [2.75, 3.05) is 6.61 Å². The van der Waals surface area contributed by atoms with Gasteiger partial charge in [0.15, 0.2) is 0 Å². The molecule has 4 aromatic carbocycles. The third-order valence-electron chi connectivity index (χ3n) is 6.40. The molecule has 0 saturated carbocycles. The van der Waals surface area contributed by atoms with E-state index in [2.05, 4.69) is 98.1 Å². The van der Waals surface area contributed by atoms with Crippen molar-refractivity contribution in [3.63, 3.8) is 0 Å². The number of aryl methyl sites for hydroxylation is 2. The van der Waals surface area contributed by atoms with Gasteiger partial charge in [-0.25, -0.2) is 4.98 Å². The van der Waals surface area contributed by atoms with Gasteiger partial charge in [0.2, 0.25) is 0 Å². The fraction of sp³-hybridized carbons (Fsp3) is 0.258. The van der Waals surface area contributed by atoms with Crippen LogP contribution in [-0.2, 0) is 13.2 Å². The average Bonchev–Trinajstić information content (AvgIpc) is 3.22. The van der Waals surface area contributed by atoms with E-state index >= 15 is 0 Å². The van der Waals surface area contributed by atoms with Gasteiger partial charge in [-0.05, 0) is 71.5 Å². The average molecular weight is 465 g/mol. The number of nitrogens with zero attached hydrogens (tertiary/aromatic N) is 2. The molecule has 0 fully saturated rings. The topological polar surface area (TPSA) is 36.3 Å². The number of imidazole rings is 1. The number of rotatable bonds is 9. The SMILES string of the molecule is Cc1ccc(C(C)C)c(OCc2nc3ccccc3n2CCCOc2ccc3ccccc3c2)c1. The lowest BCUT2D eigenvalue weighted by Crippen LogP contribution is -2.11. The minimum absolute atomic E-state index is 0.400. The largest absolute Gasteiger partial charge is 0.494 e.